The van der Waals surface area contributed by atoms with E-state index in [0.717, 1.165) is 31.2 Å². The standard InChI is InChI=1S/C16H25NO/c1-3-6-16(12-17-14-9-10-14)18-15-8-5-7-13(4-2)11-15/h5,7-8,11,14,16-17H,3-4,6,9-10,12H2,1-2H3. The third kappa shape index (κ3) is 4.34. The van der Waals surface area contributed by atoms with Crippen LogP contribution in [0.4, 0.5) is 0 Å². The molecule has 0 amide bonds. The lowest BCUT2D eigenvalue weighted by Crippen LogP contribution is -2.32. The molecule has 1 N–H and O–H groups in total. The molecule has 1 saturated carbocycles. The van der Waals surface area contributed by atoms with E-state index in [0.29, 0.717) is 6.10 Å². The minimum Gasteiger partial charge on any atom is -0.489 e. The number of benzene rings is 1. The molecule has 18 heavy (non-hydrogen) atoms. The summed E-state index contributed by atoms with van der Waals surface area (Å²) < 4.78 is 6.11. The van der Waals surface area contributed by atoms with E-state index in [1.165, 1.54) is 24.8 Å². The molecule has 1 aliphatic rings. The van der Waals surface area contributed by atoms with Crippen LogP contribution < -0.4 is 10.1 Å². The van der Waals surface area contributed by atoms with Gasteiger partial charge in [-0.15, -0.1) is 0 Å². The highest BCUT2D eigenvalue weighted by Gasteiger charge is 2.22. The molecular weight excluding hydrogens is 222 g/mol. The predicted octanol–water partition coefficient (Wildman–Crippen LogP) is 3.55. The van der Waals surface area contributed by atoms with E-state index in [2.05, 4.69) is 43.4 Å². The fraction of sp³-hybridized carbons (Fsp3) is 0.625. The lowest BCUT2D eigenvalue weighted by Gasteiger charge is -2.19. The van der Waals surface area contributed by atoms with Crippen LogP contribution in [0.15, 0.2) is 24.3 Å². The molecule has 1 fully saturated rings. The van der Waals surface area contributed by atoms with Crippen molar-refractivity contribution in [2.24, 2.45) is 0 Å². The molecule has 0 heterocycles. The van der Waals surface area contributed by atoms with Crippen LogP contribution in [0.25, 0.3) is 0 Å². The summed E-state index contributed by atoms with van der Waals surface area (Å²) in [6.07, 6.45) is 6.34. The summed E-state index contributed by atoms with van der Waals surface area (Å²) in [5.74, 6) is 1.02. The molecule has 0 aromatic heterocycles. The number of hydrogen-bond donors (Lipinski definition) is 1. The van der Waals surface area contributed by atoms with E-state index in [-0.39, 0.29) is 0 Å². The molecule has 0 saturated heterocycles. The van der Waals surface area contributed by atoms with Gasteiger partial charge in [-0.05, 0) is 43.4 Å². The first kappa shape index (κ1) is 13.4. The first-order chi connectivity index (χ1) is 8.81. The van der Waals surface area contributed by atoms with Gasteiger partial charge in [-0.25, -0.2) is 0 Å². The van der Waals surface area contributed by atoms with Gasteiger partial charge in [0.05, 0.1) is 0 Å². The van der Waals surface area contributed by atoms with Gasteiger partial charge in [0.2, 0.25) is 0 Å². The number of hydrogen-bond acceptors (Lipinski definition) is 2. The number of rotatable bonds is 8. The highest BCUT2D eigenvalue weighted by molar-refractivity contribution is 5.28. The van der Waals surface area contributed by atoms with Crippen molar-refractivity contribution in [3.8, 4) is 5.75 Å². The maximum absolute atomic E-state index is 6.11. The van der Waals surface area contributed by atoms with E-state index in [9.17, 15) is 0 Å². The minimum atomic E-state index is 0.308. The Hall–Kier alpha value is -1.02. The fourth-order valence-corrected chi connectivity index (χ4v) is 2.14. The van der Waals surface area contributed by atoms with Gasteiger partial charge in [0.15, 0.2) is 0 Å². The van der Waals surface area contributed by atoms with Crippen molar-refractivity contribution in [1.29, 1.82) is 0 Å². The Labute approximate surface area is 111 Å². The Morgan fingerprint density at radius 1 is 1.33 bits per heavy atom. The molecule has 0 radical (unpaired) electrons. The summed E-state index contributed by atoms with van der Waals surface area (Å²) in [6.45, 7) is 5.38. The zero-order valence-corrected chi connectivity index (χ0v) is 11.6. The van der Waals surface area contributed by atoms with Crippen molar-refractivity contribution in [3.63, 3.8) is 0 Å². The van der Waals surface area contributed by atoms with Crippen LogP contribution in [0.5, 0.6) is 5.75 Å². The summed E-state index contributed by atoms with van der Waals surface area (Å²) >= 11 is 0. The molecule has 1 aromatic rings. The molecule has 1 unspecified atom stereocenters. The van der Waals surface area contributed by atoms with Gasteiger partial charge >= 0.3 is 0 Å². The Balaban J connectivity index is 1.88. The first-order valence-corrected chi connectivity index (χ1v) is 7.30. The largest absolute Gasteiger partial charge is 0.489 e. The third-order valence-electron chi connectivity index (χ3n) is 3.43. The second-order valence-corrected chi connectivity index (χ2v) is 5.21. The van der Waals surface area contributed by atoms with Crippen molar-refractivity contribution in [1.82, 2.24) is 5.32 Å². The third-order valence-corrected chi connectivity index (χ3v) is 3.43. The van der Waals surface area contributed by atoms with Crippen molar-refractivity contribution < 1.29 is 4.74 Å². The summed E-state index contributed by atoms with van der Waals surface area (Å²) in [4.78, 5) is 0. The SMILES string of the molecule is CCCC(CNC1CC1)Oc1cccc(CC)c1. The van der Waals surface area contributed by atoms with E-state index in [4.69, 9.17) is 4.74 Å². The first-order valence-electron chi connectivity index (χ1n) is 7.30. The molecule has 2 nitrogen and oxygen atoms in total. The molecule has 1 aliphatic carbocycles. The maximum Gasteiger partial charge on any atom is 0.120 e. The molecule has 2 rings (SSSR count). The van der Waals surface area contributed by atoms with E-state index < -0.39 is 0 Å². The highest BCUT2D eigenvalue weighted by Crippen LogP contribution is 2.20. The normalized spacial score (nSPS) is 16.6. The summed E-state index contributed by atoms with van der Waals surface area (Å²) in [7, 11) is 0. The molecule has 1 atom stereocenters. The average molecular weight is 247 g/mol. The van der Waals surface area contributed by atoms with Gasteiger partial charge in [0.25, 0.3) is 0 Å². The quantitative estimate of drug-likeness (QED) is 0.758. The number of aryl methyl sites for hydroxylation is 1. The van der Waals surface area contributed by atoms with Crippen LogP contribution in [0.1, 0.15) is 45.1 Å². The topological polar surface area (TPSA) is 21.3 Å². The van der Waals surface area contributed by atoms with E-state index >= 15 is 0 Å². The van der Waals surface area contributed by atoms with Crippen LogP contribution in [-0.2, 0) is 6.42 Å². The van der Waals surface area contributed by atoms with Crippen molar-refractivity contribution >= 4 is 0 Å². The highest BCUT2D eigenvalue weighted by atomic mass is 16.5. The second kappa shape index (κ2) is 6.79. The number of nitrogens with one attached hydrogen (secondary N) is 1. The smallest absolute Gasteiger partial charge is 0.120 e. The Bertz CT molecular complexity index is 360. The summed E-state index contributed by atoms with van der Waals surface area (Å²) in [5.41, 5.74) is 1.35. The van der Waals surface area contributed by atoms with Crippen molar-refractivity contribution in [2.75, 3.05) is 6.54 Å². The van der Waals surface area contributed by atoms with Gasteiger partial charge in [0, 0.05) is 12.6 Å². The van der Waals surface area contributed by atoms with Crippen LogP contribution >= 0.6 is 0 Å². The Kier molecular flexibility index (Phi) is 5.06. The molecule has 1 aromatic carbocycles. The van der Waals surface area contributed by atoms with Crippen molar-refractivity contribution in [2.45, 2.75) is 58.1 Å². The zero-order valence-electron chi connectivity index (χ0n) is 11.6. The van der Waals surface area contributed by atoms with E-state index in [1.54, 1.807) is 0 Å². The fourth-order valence-electron chi connectivity index (χ4n) is 2.14. The molecule has 100 valence electrons. The number of ether oxygens (including phenoxy) is 1. The van der Waals surface area contributed by atoms with Gasteiger partial charge in [0.1, 0.15) is 11.9 Å². The Morgan fingerprint density at radius 3 is 2.83 bits per heavy atom. The lowest BCUT2D eigenvalue weighted by atomic mass is 10.1. The average Bonchev–Trinajstić information content (AvgIpc) is 3.20. The molecule has 0 aliphatic heterocycles. The minimum absolute atomic E-state index is 0.308. The van der Waals surface area contributed by atoms with Crippen LogP contribution in [0.3, 0.4) is 0 Å². The van der Waals surface area contributed by atoms with Gasteiger partial charge in [-0.1, -0.05) is 32.4 Å². The molecule has 0 bridgehead atoms. The van der Waals surface area contributed by atoms with Crippen LogP contribution in [-0.4, -0.2) is 18.7 Å². The Morgan fingerprint density at radius 2 is 2.17 bits per heavy atom. The molecule has 2 heteroatoms. The van der Waals surface area contributed by atoms with Crippen molar-refractivity contribution in [3.05, 3.63) is 29.8 Å². The van der Waals surface area contributed by atoms with Gasteiger partial charge in [-0.2, -0.15) is 0 Å². The van der Waals surface area contributed by atoms with E-state index in [1.807, 2.05) is 0 Å². The monoisotopic (exact) mass is 247 g/mol. The van der Waals surface area contributed by atoms with Gasteiger partial charge < -0.3 is 10.1 Å². The van der Waals surface area contributed by atoms with Gasteiger partial charge in [-0.3, -0.25) is 0 Å². The second-order valence-electron chi connectivity index (χ2n) is 5.21. The summed E-state index contributed by atoms with van der Waals surface area (Å²) in [5, 5.41) is 3.57. The summed E-state index contributed by atoms with van der Waals surface area (Å²) in [6, 6.07) is 9.24. The predicted molar refractivity (Wildman–Crippen MR) is 76.2 cm³/mol. The van der Waals surface area contributed by atoms with Crippen LogP contribution in [0, 0.1) is 0 Å². The molecular formula is C16H25NO. The molecule has 0 spiro atoms. The zero-order chi connectivity index (χ0) is 12.8. The lowest BCUT2D eigenvalue weighted by molar-refractivity contribution is 0.186. The maximum atomic E-state index is 6.11. The van der Waals surface area contributed by atoms with Crippen LogP contribution in [0.2, 0.25) is 0 Å².